The first-order valence-electron chi connectivity index (χ1n) is 14.9. The Morgan fingerprint density at radius 1 is 0.923 bits per heavy atom. The van der Waals surface area contributed by atoms with E-state index < -0.39 is 5.82 Å². The molecule has 39 heavy (non-hydrogen) atoms. The molecular weight excluding hydrogens is 507 g/mol. The minimum Gasteiger partial charge on any atom is -0.491 e. The highest BCUT2D eigenvalue weighted by Crippen LogP contribution is 2.25. The number of hydrogen-bond acceptors (Lipinski definition) is 4. The van der Waals surface area contributed by atoms with Gasteiger partial charge < -0.3 is 15.0 Å². The highest BCUT2D eigenvalue weighted by Gasteiger charge is 2.13. The van der Waals surface area contributed by atoms with Gasteiger partial charge in [-0.15, -0.1) is 11.8 Å². The maximum Gasteiger partial charge on any atom is 0.228 e. The third kappa shape index (κ3) is 12.1. The van der Waals surface area contributed by atoms with Crippen LogP contribution in [0.4, 0.5) is 10.1 Å². The molecule has 1 aliphatic heterocycles. The number of halogens is 1. The average Bonchev–Trinajstić information content (AvgIpc) is 3.32. The zero-order valence-corrected chi connectivity index (χ0v) is 24.8. The van der Waals surface area contributed by atoms with Gasteiger partial charge >= 0.3 is 0 Å². The van der Waals surface area contributed by atoms with E-state index in [1.807, 2.05) is 18.2 Å². The van der Waals surface area contributed by atoms with Crippen LogP contribution in [0.5, 0.6) is 5.75 Å². The average molecular weight is 555 g/mol. The molecule has 0 spiro atoms. The zero-order chi connectivity index (χ0) is 27.7. The molecule has 6 heteroatoms. The van der Waals surface area contributed by atoms with Gasteiger partial charge in [0.1, 0.15) is 0 Å². The highest BCUT2D eigenvalue weighted by molar-refractivity contribution is 8.02. The summed E-state index contributed by atoms with van der Waals surface area (Å²) in [6.07, 6.45) is 15.5. The number of amides is 1. The fourth-order valence-corrected chi connectivity index (χ4v) is 5.79. The fraction of sp³-hybridized carbons (Fsp3) is 0.545. The Bertz CT molecular complexity index is 1040. The van der Waals surface area contributed by atoms with E-state index in [9.17, 15) is 9.18 Å². The lowest BCUT2D eigenvalue weighted by atomic mass is 10.1. The highest BCUT2D eigenvalue weighted by atomic mass is 32.2. The number of carbonyl (C=O) groups excluding carboxylic acids is 1. The van der Waals surface area contributed by atoms with E-state index in [1.54, 1.807) is 23.9 Å². The van der Waals surface area contributed by atoms with Crippen LogP contribution >= 0.6 is 11.8 Å². The molecule has 0 unspecified atom stereocenters. The first-order valence-corrected chi connectivity index (χ1v) is 15.9. The molecule has 1 heterocycles. The number of anilines is 1. The molecule has 2 aromatic rings. The van der Waals surface area contributed by atoms with Gasteiger partial charge in [-0.05, 0) is 54.1 Å². The number of hydrogen-bond donors (Lipinski definition) is 1. The third-order valence-electron chi connectivity index (χ3n) is 7.18. The number of carbonyl (C=O) groups is 1. The monoisotopic (exact) mass is 554 g/mol. The summed E-state index contributed by atoms with van der Waals surface area (Å²) in [5.74, 6) is 0.643. The van der Waals surface area contributed by atoms with Gasteiger partial charge in [0.15, 0.2) is 11.6 Å². The topological polar surface area (TPSA) is 41.6 Å². The second-order valence-corrected chi connectivity index (χ2v) is 11.5. The van der Waals surface area contributed by atoms with Crippen LogP contribution in [0.15, 0.2) is 53.6 Å². The summed E-state index contributed by atoms with van der Waals surface area (Å²) in [5, 5.41) is 5.12. The first-order chi connectivity index (χ1) is 19.0. The van der Waals surface area contributed by atoms with Crippen LogP contribution in [0.1, 0.15) is 102 Å². The predicted molar refractivity (Wildman–Crippen MR) is 164 cm³/mol. The van der Waals surface area contributed by atoms with Crippen LogP contribution in [0, 0.1) is 5.82 Å². The standard InChI is InChI=1S/C33H47FN2O2S/c1-3-4-5-6-7-8-9-10-11-12-13-14-20-38-32-19-18-28(22-31(32)34)23-33(37)35-30-17-15-16-29(21-30)24-36-26-39-25-27(36)2/h15-19,21-22,25H,3-14,20,23-24,26H2,1-2H3,(H,35,37). The largest absolute Gasteiger partial charge is 0.491 e. The van der Waals surface area contributed by atoms with Crippen LogP contribution in [0.3, 0.4) is 0 Å². The molecule has 4 nitrogen and oxygen atoms in total. The molecule has 0 saturated heterocycles. The van der Waals surface area contributed by atoms with Crippen molar-refractivity contribution >= 4 is 23.4 Å². The molecule has 0 saturated carbocycles. The lowest BCUT2D eigenvalue weighted by molar-refractivity contribution is -0.115. The van der Waals surface area contributed by atoms with E-state index in [0.29, 0.717) is 12.2 Å². The van der Waals surface area contributed by atoms with Crippen LogP contribution in [0.2, 0.25) is 0 Å². The number of nitrogens with zero attached hydrogens (tertiary/aromatic N) is 1. The number of ether oxygens (including phenoxy) is 1. The Balaban J connectivity index is 1.29. The Morgan fingerprint density at radius 2 is 1.62 bits per heavy atom. The van der Waals surface area contributed by atoms with E-state index >= 15 is 0 Å². The van der Waals surface area contributed by atoms with Gasteiger partial charge in [0.05, 0.1) is 18.9 Å². The summed E-state index contributed by atoms with van der Waals surface area (Å²) >= 11 is 1.79. The number of benzene rings is 2. The van der Waals surface area contributed by atoms with E-state index in [-0.39, 0.29) is 18.1 Å². The van der Waals surface area contributed by atoms with Crippen molar-refractivity contribution in [1.29, 1.82) is 0 Å². The molecule has 214 valence electrons. The van der Waals surface area contributed by atoms with Crippen LogP contribution in [0.25, 0.3) is 0 Å². The molecular formula is C33H47FN2O2S. The summed E-state index contributed by atoms with van der Waals surface area (Å²) in [6.45, 7) is 5.71. The van der Waals surface area contributed by atoms with Crippen LogP contribution in [-0.4, -0.2) is 23.3 Å². The number of unbranched alkanes of at least 4 members (excludes halogenated alkanes) is 11. The molecule has 0 aliphatic carbocycles. The van der Waals surface area contributed by atoms with Gasteiger partial charge in [0, 0.05) is 17.9 Å². The molecule has 0 atom stereocenters. The number of rotatable bonds is 19. The molecule has 0 radical (unpaired) electrons. The van der Waals surface area contributed by atoms with Gasteiger partial charge in [-0.2, -0.15) is 0 Å². The second kappa shape index (κ2) is 18.0. The summed E-state index contributed by atoms with van der Waals surface area (Å²) in [4.78, 5) is 14.9. The van der Waals surface area contributed by atoms with Crippen molar-refractivity contribution < 1.29 is 13.9 Å². The Kier molecular flexibility index (Phi) is 14.3. The summed E-state index contributed by atoms with van der Waals surface area (Å²) < 4.78 is 20.3. The normalized spacial score (nSPS) is 13.0. The van der Waals surface area contributed by atoms with Crippen molar-refractivity contribution in [2.75, 3.05) is 17.8 Å². The molecule has 0 fully saturated rings. The van der Waals surface area contributed by atoms with Gasteiger partial charge in [0.25, 0.3) is 0 Å². The Labute approximate surface area is 239 Å². The van der Waals surface area contributed by atoms with Crippen molar-refractivity contribution in [2.45, 2.75) is 104 Å². The van der Waals surface area contributed by atoms with Crippen LogP contribution < -0.4 is 10.1 Å². The maximum atomic E-state index is 14.6. The minimum atomic E-state index is -0.409. The van der Waals surface area contributed by atoms with E-state index in [2.05, 4.69) is 35.5 Å². The van der Waals surface area contributed by atoms with Gasteiger partial charge in [-0.3, -0.25) is 4.79 Å². The zero-order valence-electron chi connectivity index (χ0n) is 24.0. The molecule has 1 aliphatic rings. The summed E-state index contributed by atoms with van der Waals surface area (Å²) in [7, 11) is 0. The molecule has 2 aromatic carbocycles. The van der Waals surface area contributed by atoms with Gasteiger partial charge in [0.2, 0.25) is 5.91 Å². The predicted octanol–water partition coefficient (Wildman–Crippen LogP) is 9.45. The molecule has 1 N–H and O–H groups in total. The second-order valence-electron chi connectivity index (χ2n) is 10.7. The van der Waals surface area contributed by atoms with Crippen LogP contribution in [-0.2, 0) is 17.8 Å². The smallest absolute Gasteiger partial charge is 0.228 e. The SMILES string of the molecule is CCCCCCCCCCCCCCOc1ccc(CC(=O)Nc2cccc(CN3CSC=C3C)c2)cc1F. The lowest BCUT2D eigenvalue weighted by Crippen LogP contribution is -2.17. The van der Waals surface area contributed by atoms with E-state index in [0.717, 1.165) is 36.5 Å². The van der Waals surface area contributed by atoms with E-state index in [1.165, 1.54) is 76.0 Å². The summed E-state index contributed by atoms with van der Waals surface area (Å²) in [5.41, 5.74) is 3.80. The quantitative estimate of drug-likeness (QED) is 0.176. The van der Waals surface area contributed by atoms with Crippen molar-refractivity contribution in [2.24, 2.45) is 0 Å². The Morgan fingerprint density at radius 3 is 2.26 bits per heavy atom. The van der Waals surface area contributed by atoms with Crippen molar-refractivity contribution in [3.63, 3.8) is 0 Å². The first kappa shape index (κ1) is 31.1. The summed E-state index contributed by atoms with van der Waals surface area (Å²) in [6, 6.07) is 12.7. The number of allylic oxidation sites excluding steroid dienone is 1. The van der Waals surface area contributed by atoms with Crippen molar-refractivity contribution in [1.82, 2.24) is 4.90 Å². The molecule has 0 bridgehead atoms. The van der Waals surface area contributed by atoms with Crippen molar-refractivity contribution in [3.05, 3.63) is 70.5 Å². The molecule has 0 aromatic heterocycles. The molecule has 3 rings (SSSR count). The van der Waals surface area contributed by atoms with Crippen molar-refractivity contribution in [3.8, 4) is 5.75 Å². The number of thioether (sulfide) groups is 1. The Hall–Kier alpha value is -2.47. The van der Waals surface area contributed by atoms with E-state index in [4.69, 9.17) is 4.74 Å². The fourth-order valence-electron chi connectivity index (χ4n) is 4.85. The molecule has 1 amide bonds. The lowest BCUT2D eigenvalue weighted by Gasteiger charge is -2.19. The third-order valence-corrected chi connectivity index (χ3v) is 8.15. The number of nitrogens with one attached hydrogen (secondary N) is 1. The van der Waals surface area contributed by atoms with Gasteiger partial charge in [-0.1, -0.05) is 95.8 Å². The maximum absolute atomic E-state index is 14.6. The van der Waals surface area contributed by atoms with Gasteiger partial charge in [-0.25, -0.2) is 4.39 Å². The minimum absolute atomic E-state index is 0.116.